The first-order chi connectivity index (χ1) is 4.22. The van der Waals surface area contributed by atoms with Gasteiger partial charge in [-0.1, -0.05) is 0 Å². The first kappa shape index (κ1) is 7.38. The fraction of sp³-hybridized carbons (Fsp3) is 1.00. The maximum atomic E-state index is 9.14. The Bertz CT molecular complexity index is 97.1. The summed E-state index contributed by atoms with van der Waals surface area (Å²) in [6.45, 7) is 4.98. The van der Waals surface area contributed by atoms with Crippen molar-refractivity contribution in [1.82, 2.24) is 4.90 Å². The van der Waals surface area contributed by atoms with Gasteiger partial charge in [-0.15, -0.1) is 11.8 Å². The number of thioether (sulfide) groups is 1. The van der Waals surface area contributed by atoms with E-state index in [0.29, 0.717) is 5.37 Å². The molecule has 2 atom stereocenters. The van der Waals surface area contributed by atoms with Crippen LogP contribution in [0.25, 0.3) is 0 Å². The number of rotatable bonds is 1. The molecule has 0 amide bonds. The standard InChI is InChI=1S/C6H13NOS/c1-5(8)7-3-4-9-6(7)2/h5-6,8H,3-4H2,1-2H3. The van der Waals surface area contributed by atoms with E-state index in [-0.39, 0.29) is 6.23 Å². The Hall–Kier alpha value is 0.270. The highest BCUT2D eigenvalue weighted by atomic mass is 32.2. The third kappa shape index (κ3) is 1.60. The molecule has 1 N–H and O–H groups in total. The molecule has 0 saturated carbocycles. The van der Waals surface area contributed by atoms with Gasteiger partial charge < -0.3 is 5.11 Å². The first-order valence-electron chi connectivity index (χ1n) is 3.27. The average Bonchev–Trinajstić information content (AvgIpc) is 2.13. The van der Waals surface area contributed by atoms with Gasteiger partial charge in [0.15, 0.2) is 0 Å². The molecule has 1 aliphatic rings. The van der Waals surface area contributed by atoms with Crippen molar-refractivity contribution < 1.29 is 5.11 Å². The molecule has 2 unspecified atom stereocenters. The normalized spacial score (nSPS) is 33.0. The predicted molar refractivity (Wildman–Crippen MR) is 40.3 cm³/mol. The van der Waals surface area contributed by atoms with Crippen molar-refractivity contribution in [1.29, 1.82) is 0 Å². The van der Waals surface area contributed by atoms with Crippen molar-refractivity contribution >= 4 is 11.8 Å². The van der Waals surface area contributed by atoms with Crippen molar-refractivity contribution in [2.45, 2.75) is 25.4 Å². The minimum absolute atomic E-state index is 0.269. The molecule has 2 nitrogen and oxygen atoms in total. The minimum Gasteiger partial charge on any atom is -0.379 e. The van der Waals surface area contributed by atoms with E-state index in [1.165, 1.54) is 0 Å². The zero-order valence-corrected chi connectivity index (χ0v) is 6.69. The second kappa shape index (κ2) is 2.90. The van der Waals surface area contributed by atoms with Crippen LogP contribution in [0.1, 0.15) is 13.8 Å². The molecule has 3 heteroatoms. The van der Waals surface area contributed by atoms with E-state index in [1.54, 1.807) is 0 Å². The highest BCUT2D eigenvalue weighted by molar-refractivity contribution is 8.00. The number of hydrogen-bond acceptors (Lipinski definition) is 3. The molecule has 0 bridgehead atoms. The van der Waals surface area contributed by atoms with E-state index in [0.717, 1.165) is 12.3 Å². The molecule has 9 heavy (non-hydrogen) atoms. The SMILES string of the molecule is CC(O)N1CCSC1C. The Morgan fingerprint density at radius 3 is 2.67 bits per heavy atom. The summed E-state index contributed by atoms with van der Waals surface area (Å²) in [5.41, 5.74) is 0. The molecule has 54 valence electrons. The van der Waals surface area contributed by atoms with Crippen LogP contribution in [0.3, 0.4) is 0 Å². The fourth-order valence-corrected chi connectivity index (χ4v) is 2.23. The van der Waals surface area contributed by atoms with Gasteiger partial charge in [0.25, 0.3) is 0 Å². The summed E-state index contributed by atoms with van der Waals surface area (Å²) >= 11 is 1.90. The maximum absolute atomic E-state index is 9.14. The van der Waals surface area contributed by atoms with Crippen LogP contribution in [0.5, 0.6) is 0 Å². The van der Waals surface area contributed by atoms with Crippen molar-refractivity contribution in [2.24, 2.45) is 0 Å². The molecule has 0 aromatic carbocycles. The van der Waals surface area contributed by atoms with Gasteiger partial charge in [-0.3, -0.25) is 4.90 Å². The van der Waals surface area contributed by atoms with E-state index in [4.69, 9.17) is 5.11 Å². The third-order valence-corrected chi connectivity index (χ3v) is 2.83. The van der Waals surface area contributed by atoms with Crippen LogP contribution in [-0.2, 0) is 0 Å². The molecule has 0 aromatic heterocycles. The van der Waals surface area contributed by atoms with Crippen molar-refractivity contribution in [3.8, 4) is 0 Å². The molecule has 1 aliphatic heterocycles. The van der Waals surface area contributed by atoms with E-state index < -0.39 is 0 Å². The van der Waals surface area contributed by atoms with Gasteiger partial charge in [0.05, 0.1) is 5.37 Å². The van der Waals surface area contributed by atoms with Gasteiger partial charge in [0.2, 0.25) is 0 Å². The van der Waals surface area contributed by atoms with E-state index in [1.807, 2.05) is 18.7 Å². The van der Waals surface area contributed by atoms with E-state index in [9.17, 15) is 0 Å². The summed E-state index contributed by atoms with van der Waals surface area (Å²) in [5.74, 6) is 1.16. The summed E-state index contributed by atoms with van der Waals surface area (Å²) in [4.78, 5) is 2.09. The first-order valence-corrected chi connectivity index (χ1v) is 4.32. The van der Waals surface area contributed by atoms with Gasteiger partial charge >= 0.3 is 0 Å². The number of aliphatic hydroxyl groups excluding tert-OH is 1. The summed E-state index contributed by atoms with van der Waals surface area (Å²) in [7, 11) is 0. The molecule has 1 saturated heterocycles. The Kier molecular flexibility index (Phi) is 2.38. The largest absolute Gasteiger partial charge is 0.379 e. The molecule has 0 spiro atoms. The van der Waals surface area contributed by atoms with Crippen LogP contribution in [0.4, 0.5) is 0 Å². The predicted octanol–water partition coefficient (Wildman–Crippen LogP) is 0.720. The Morgan fingerprint density at radius 2 is 2.44 bits per heavy atom. The highest BCUT2D eigenvalue weighted by Gasteiger charge is 2.23. The lowest BCUT2D eigenvalue weighted by Gasteiger charge is -2.22. The number of hydrogen-bond donors (Lipinski definition) is 1. The summed E-state index contributed by atoms with van der Waals surface area (Å²) in [5, 5.41) is 9.64. The smallest absolute Gasteiger partial charge is 0.105 e. The minimum atomic E-state index is -0.269. The molecular formula is C6H13NOS. The molecular weight excluding hydrogens is 134 g/mol. The molecule has 1 heterocycles. The van der Waals surface area contributed by atoms with Crippen LogP contribution in [0.15, 0.2) is 0 Å². The van der Waals surface area contributed by atoms with Crippen LogP contribution < -0.4 is 0 Å². The van der Waals surface area contributed by atoms with Gasteiger partial charge in [0, 0.05) is 12.3 Å². The zero-order valence-electron chi connectivity index (χ0n) is 5.87. The van der Waals surface area contributed by atoms with E-state index in [2.05, 4.69) is 11.8 Å². The monoisotopic (exact) mass is 147 g/mol. The Labute approximate surface area is 60.2 Å². The van der Waals surface area contributed by atoms with E-state index >= 15 is 0 Å². The van der Waals surface area contributed by atoms with Gasteiger partial charge in [-0.05, 0) is 13.8 Å². The zero-order chi connectivity index (χ0) is 6.85. The summed E-state index contributed by atoms with van der Waals surface area (Å²) in [6.07, 6.45) is -0.269. The van der Waals surface area contributed by atoms with Crippen molar-refractivity contribution in [3.63, 3.8) is 0 Å². The lowest BCUT2D eigenvalue weighted by molar-refractivity contribution is 0.0242. The molecule has 1 rings (SSSR count). The molecule has 0 aliphatic carbocycles. The fourth-order valence-electron chi connectivity index (χ4n) is 1.10. The molecule has 0 aromatic rings. The Balaban J connectivity index is 2.40. The third-order valence-electron chi connectivity index (χ3n) is 1.66. The topological polar surface area (TPSA) is 23.5 Å². The maximum Gasteiger partial charge on any atom is 0.105 e. The molecule has 1 fully saturated rings. The molecule has 0 radical (unpaired) electrons. The van der Waals surface area contributed by atoms with Crippen LogP contribution >= 0.6 is 11.8 Å². The summed E-state index contributed by atoms with van der Waals surface area (Å²) in [6, 6.07) is 0. The number of aliphatic hydroxyl groups is 1. The Morgan fingerprint density at radius 1 is 1.78 bits per heavy atom. The number of nitrogens with zero attached hydrogens (tertiary/aromatic N) is 1. The highest BCUT2D eigenvalue weighted by Crippen LogP contribution is 2.23. The lowest BCUT2D eigenvalue weighted by atomic mass is 10.5. The quantitative estimate of drug-likeness (QED) is 0.591. The second-order valence-corrected chi connectivity index (χ2v) is 3.76. The lowest BCUT2D eigenvalue weighted by Crippen LogP contribution is -2.34. The van der Waals surface area contributed by atoms with Crippen LogP contribution in [0.2, 0.25) is 0 Å². The van der Waals surface area contributed by atoms with Gasteiger partial charge in [0.1, 0.15) is 6.23 Å². The second-order valence-electron chi connectivity index (χ2n) is 2.34. The van der Waals surface area contributed by atoms with Gasteiger partial charge in [-0.25, -0.2) is 0 Å². The van der Waals surface area contributed by atoms with Crippen LogP contribution in [0, 0.1) is 0 Å². The van der Waals surface area contributed by atoms with Gasteiger partial charge in [-0.2, -0.15) is 0 Å². The van der Waals surface area contributed by atoms with Crippen molar-refractivity contribution in [2.75, 3.05) is 12.3 Å². The van der Waals surface area contributed by atoms with Crippen LogP contribution in [-0.4, -0.2) is 33.9 Å². The average molecular weight is 147 g/mol. The summed E-state index contributed by atoms with van der Waals surface area (Å²) < 4.78 is 0. The van der Waals surface area contributed by atoms with Crippen molar-refractivity contribution in [3.05, 3.63) is 0 Å².